The van der Waals surface area contributed by atoms with Gasteiger partial charge in [0.1, 0.15) is 16.4 Å². The van der Waals surface area contributed by atoms with Crippen molar-refractivity contribution in [1.29, 1.82) is 0 Å². The highest BCUT2D eigenvalue weighted by Gasteiger charge is 2.21. The number of aliphatic hydroxyl groups is 3. The van der Waals surface area contributed by atoms with Gasteiger partial charge in [-0.3, -0.25) is 0 Å². The molecule has 1 rings (SSSR count). The minimum absolute atomic E-state index is 0.0957. The highest BCUT2D eigenvalue weighted by molar-refractivity contribution is 7.91. The van der Waals surface area contributed by atoms with E-state index >= 15 is 0 Å². The summed E-state index contributed by atoms with van der Waals surface area (Å²) in [4.78, 5) is 0.237. The predicted octanol–water partition coefficient (Wildman–Crippen LogP) is -1.22. The second-order valence-corrected chi connectivity index (χ2v) is 5.80. The highest BCUT2D eigenvalue weighted by Crippen LogP contribution is 2.27. The second kappa shape index (κ2) is 4.56. The van der Waals surface area contributed by atoms with Crippen LogP contribution in [-0.4, -0.2) is 36.4 Å². The van der Waals surface area contributed by atoms with Crippen LogP contribution in [0.2, 0.25) is 0 Å². The van der Waals surface area contributed by atoms with Gasteiger partial charge in [-0.15, -0.1) is 11.3 Å². The molecule has 2 atom stereocenters. The molecule has 1 aromatic heterocycles. The van der Waals surface area contributed by atoms with Crippen LogP contribution in [0.4, 0.5) is 0 Å². The average molecular weight is 253 g/mol. The lowest BCUT2D eigenvalue weighted by Crippen LogP contribution is -2.21. The van der Waals surface area contributed by atoms with Crippen LogP contribution in [0.1, 0.15) is 11.0 Å². The molecular weight excluding hydrogens is 242 g/mol. The first-order valence-electron chi connectivity index (χ1n) is 3.95. The van der Waals surface area contributed by atoms with Gasteiger partial charge in [0.2, 0.25) is 10.0 Å². The van der Waals surface area contributed by atoms with Crippen LogP contribution >= 0.6 is 11.3 Å². The first-order chi connectivity index (χ1) is 6.86. The number of primary sulfonamides is 1. The van der Waals surface area contributed by atoms with Gasteiger partial charge in [0.15, 0.2) is 0 Å². The van der Waals surface area contributed by atoms with E-state index in [2.05, 4.69) is 0 Å². The molecule has 0 fully saturated rings. The smallest absolute Gasteiger partial charge is 0.247 e. The van der Waals surface area contributed by atoms with Crippen LogP contribution in [0.15, 0.2) is 16.3 Å². The summed E-state index contributed by atoms with van der Waals surface area (Å²) in [6, 6.07) is 2.58. The van der Waals surface area contributed by atoms with Gasteiger partial charge in [0.25, 0.3) is 0 Å². The third-order valence-electron chi connectivity index (χ3n) is 1.73. The van der Waals surface area contributed by atoms with Gasteiger partial charge < -0.3 is 15.3 Å². The maximum atomic E-state index is 10.9. The SMILES string of the molecule is NS(=O)(=O)c1ccc(C(O)C(O)CO)s1. The molecule has 6 nitrogen and oxygen atoms in total. The molecule has 2 unspecified atom stereocenters. The fourth-order valence-corrected chi connectivity index (χ4v) is 2.73. The standard InChI is InChI=1S/C7H11NO5S2/c8-15(12,13)6-2-1-5(14-6)7(11)4(10)3-9/h1-2,4,7,9-11H,3H2,(H2,8,12,13). The molecule has 1 heterocycles. The normalized spacial score (nSPS) is 16.3. The van der Waals surface area contributed by atoms with E-state index in [9.17, 15) is 13.5 Å². The monoisotopic (exact) mass is 253 g/mol. The average Bonchev–Trinajstić information content (AvgIpc) is 2.63. The van der Waals surface area contributed by atoms with E-state index in [0.29, 0.717) is 0 Å². The lowest BCUT2D eigenvalue weighted by Gasteiger charge is -2.13. The predicted molar refractivity (Wildman–Crippen MR) is 53.7 cm³/mol. The van der Waals surface area contributed by atoms with E-state index in [4.69, 9.17) is 15.4 Å². The molecule has 0 spiro atoms. The number of thiophene rings is 1. The quantitative estimate of drug-likeness (QED) is 0.536. The van der Waals surface area contributed by atoms with Crippen LogP contribution in [0.3, 0.4) is 0 Å². The van der Waals surface area contributed by atoms with Crippen molar-refractivity contribution < 1.29 is 23.7 Å². The molecule has 0 saturated carbocycles. The van der Waals surface area contributed by atoms with Gasteiger partial charge in [-0.05, 0) is 12.1 Å². The fraction of sp³-hybridized carbons (Fsp3) is 0.429. The van der Waals surface area contributed by atoms with Crippen molar-refractivity contribution >= 4 is 21.4 Å². The maximum absolute atomic E-state index is 10.9. The lowest BCUT2D eigenvalue weighted by atomic mass is 10.2. The van der Waals surface area contributed by atoms with E-state index in [1.807, 2.05) is 0 Å². The van der Waals surface area contributed by atoms with Crippen molar-refractivity contribution in [3.05, 3.63) is 17.0 Å². The Labute approximate surface area is 90.6 Å². The van der Waals surface area contributed by atoms with Gasteiger partial charge in [0, 0.05) is 4.88 Å². The number of rotatable bonds is 4. The minimum Gasteiger partial charge on any atom is -0.394 e. The van der Waals surface area contributed by atoms with Gasteiger partial charge in [0.05, 0.1) is 6.61 Å². The molecular formula is C7H11NO5S2. The number of aliphatic hydroxyl groups excluding tert-OH is 3. The maximum Gasteiger partial charge on any atom is 0.247 e. The zero-order valence-corrected chi connectivity index (χ0v) is 9.20. The molecule has 0 amide bonds. The zero-order valence-electron chi connectivity index (χ0n) is 7.57. The molecule has 0 aliphatic carbocycles. The molecule has 15 heavy (non-hydrogen) atoms. The number of nitrogens with two attached hydrogens (primary N) is 1. The molecule has 86 valence electrons. The number of sulfonamides is 1. The Morgan fingerprint density at radius 3 is 2.40 bits per heavy atom. The molecule has 0 bridgehead atoms. The third kappa shape index (κ3) is 2.97. The van der Waals surface area contributed by atoms with Crippen LogP contribution in [0.5, 0.6) is 0 Å². The Hall–Kier alpha value is -0.510. The molecule has 0 saturated heterocycles. The van der Waals surface area contributed by atoms with E-state index < -0.39 is 28.8 Å². The third-order valence-corrected chi connectivity index (χ3v) is 4.32. The lowest BCUT2D eigenvalue weighted by molar-refractivity contribution is -0.0135. The van der Waals surface area contributed by atoms with Gasteiger partial charge >= 0.3 is 0 Å². The summed E-state index contributed by atoms with van der Waals surface area (Å²) in [5.74, 6) is 0. The minimum atomic E-state index is -3.78. The van der Waals surface area contributed by atoms with Crippen molar-refractivity contribution in [2.45, 2.75) is 16.4 Å². The number of hydrogen-bond donors (Lipinski definition) is 4. The summed E-state index contributed by atoms with van der Waals surface area (Å²) in [6.07, 6.45) is -2.65. The summed E-state index contributed by atoms with van der Waals surface area (Å²) >= 11 is 0.758. The molecule has 0 aromatic carbocycles. The van der Waals surface area contributed by atoms with Gasteiger partial charge in [-0.1, -0.05) is 0 Å². The first-order valence-corrected chi connectivity index (χ1v) is 6.32. The van der Waals surface area contributed by atoms with Gasteiger partial charge in [-0.2, -0.15) is 0 Å². The van der Waals surface area contributed by atoms with Crippen LogP contribution in [0, 0.1) is 0 Å². The molecule has 1 aromatic rings. The van der Waals surface area contributed by atoms with Crippen molar-refractivity contribution in [1.82, 2.24) is 0 Å². The largest absolute Gasteiger partial charge is 0.394 e. The van der Waals surface area contributed by atoms with Crippen LogP contribution < -0.4 is 5.14 Å². The number of hydrogen-bond acceptors (Lipinski definition) is 6. The van der Waals surface area contributed by atoms with Crippen LogP contribution in [0.25, 0.3) is 0 Å². The molecule has 5 N–H and O–H groups in total. The Morgan fingerprint density at radius 1 is 1.40 bits per heavy atom. The Bertz CT molecular complexity index is 426. The van der Waals surface area contributed by atoms with Crippen molar-refractivity contribution in [2.75, 3.05) is 6.61 Å². The Kier molecular flexibility index (Phi) is 3.82. The summed E-state index contributed by atoms with van der Waals surface area (Å²) in [5, 5.41) is 32.0. The van der Waals surface area contributed by atoms with Crippen LogP contribution in [-0.2, 0) is 10.0 Å². The van der Waals surface area contributed by atoms with E-state index in [0.717, 1.165) is 11.3 Å². The molecule has 0 aliphatic rings. The Balaban J connectivity index is 2.94. The van der Waals surface area contributed by atoms with Crippen molar-refractivity contribution in [2.24, 2.45) is 5.14 Å². The van der Waals surface area contributed by atoms with Crippen molar-refractivity contribution in [3.63, 3.8) is 0 Å². The summed E-state index contributed by atoms with van der Waals surface area (Å²) < 4.78 is 21.7. The van der Waals surface area contributed by atoms with Gasteiger partial charge in [-0.25, -0.2) is 13.6 Å². The van der Waals surface area contributed by atoms with E-state index in [-0.39, 0.29) is 9.09 Å². The summed E-state index contributed by atoms with van der Waals surface area (Å²) in [7, 11) is -3.78. The molecule has 0 aliphatic heterocycles. The molecule has 8 heteroatoms. The Morgan fingerprint density at radius 2 is 2.00 bits per heavy atom. The first kappa shape index (κ1) is 12.6. The van der Waals surface area contributed by atoms with E-state index in [1.54, 1.807) is 0 Å². The second-order valence-electron chi connectivity index (χ2n) is 2.90. The topological polar surface area (TPSA) is 121 Å². The zero-order chi connectivity index (χ0) is 11.6. The fourth-order valence-electron chi connectivity index (χ4n) is 0.936. The summed E-state index contributed by atoms with van der Waals surface area (Å²) in [6.45, 7) is -0.607. The van der Waals surface area contributed by atoms with Crippen molar-refractivity contribution in [3.8, 4) is 0 Å². The van der Waals surface area contributed by atoms with E-state index in [1.165, 1.54) is 12.1 Å². The highest BCUT2D eigenvalue weighted by atomic mass is 32.2. The summed E-state index contributed by atoms with van der Waals surface area (Å²) in [5.41, 5.74) is 0. The molecule has 0 radical (unpaired) electrons.